The first-order valence-electron chi connectivity index (χ1n) is 12.7. The second kappa shape index (κ2) is 9.79. The van der Waals surface area contributed by atoms with Gasteiger partial charge in [0.15, 0.2) is 5.92 Å². The van der Waals surface area contributed by atoms with Gasteiger partial charge in [-0.15, -0.1) is 0 Å². The number of halogens is 3. The monoisotopic (exact) mass is 500 g/mol. The number of para-hydroxylation sites is 1. The zero-order chi connectivity index (χ0) is 25.3. The lowest BCUT2D eigenvalue weighted by Gasteiger charge is -2.49. The van der Waals surface area contributed by atoms with E-state index in [9.17, 15) is 22.8 Å². The van der Waals surface area contributed by atoms with Crippen LogP contribution < -0.4 is 10.1 Å². The highest BCUT2D eigenvalue weighted by molar-refractivity contribution is 5.85. The van der Waals surface area contributed by atoms with Crippen molar-refractivity contribution in [3.63, 3.8) is 0 Å². The lowest BCUT2D eigenvalue weighted by molar-refractivity contribution is -0.173. The zero-order valence-electron chi connectivity index (χ0n) is 20.1. The molecule has 8 heteroatoms. The summed E-state index contributed by atoms with van der Waals surface area (Å²) < 4.78 is 48.0. The van der Waals surface area contributed by atoms with Crippen LogP contribution in [0.5, 0.6) is 5.75 Å². The highest BCUT2D eigenvalue weighted by Crippen LogP contribution is 2.51. The fourth-order valence-corrected chi connectivity index (χ4v) is 5.77. The van der Waals surface area contributed by atoms with Gasteiger partial charge in [-0.1, -0.05) is 48.5 Å². The van der Waals surface area contributed by atoms with Crippen LogP contribution in [0.2, 0.25) is 0 Å². The third kappa shape index (κ3) is 5.08. The Hall–Kier alpha value is -3.03. The number of carbonyl (C=O) groups excluding carboxylic acids is 2. The summed E-state index contributed by atoms with van der Waals surface area (Å²) in [7, 11) is 0. The Morgan fingerprint density at radius 2 is 1.72 bits per heavy atom. The number of alkyl halides is 3. The second-order valence-corrected chi connectivity index (χ2v) is 10.4. The van der Waals surface area contributed by atoms with Gasteiger partial charge in [-0.05, 0) is 54.2 Å². The summed E-state index contributed by atoms with van der Waals surface area (Å²) >= 11 is 0. The Labute approximate surface area is 209 Å². The molecule has 2 aliphatic heterocycles. The summed E-state index contributed by atoms with van der Waals surface area (Å²) in [6.07, 6.45) is -1.11. The molecule has 0 bridgehead atoms. The van der Waals surface area contributed by atoms with Gasteiger partial charge in [0.05, 0.1) is 6.61 Å². The zero-order valence-corrected chi connectivity index (χ0v) is 20.1. The van der Waals surface area contributed by atoms with Crippen molar-refractivity contribution in [1.29, 1.82) is 0 Å². The fraction of sp³-hybridized carbons (Fsp3) is 0.500. The molecule has 2 amide bonds. The van der Waals surface area contributed by atoms with Crippen molar-refractivity contribution < 1.29 is 27.5 Å². The average molecular weight is 501 g/mol. The van der Waals surface area contributed by atoms with E-state index in [4.69, 9.17) is 4.74 Å². The summed E-state index contributed by atoms with van der Waals surface area (Å²) in [6.45, 7) is 1.50. The number of amides is 2. The molecule has 0 radical (unpaired) electrons. The molecular weight excluding hydrogens is 469 g/mol. The van der Waals surface area contributed by atoms with Crippen molar-refractivity contribution in [3.05, 3.63) is 65.7 Å². The third-order valence-electron chi connectivity index (χ3n) is 8.00. The topological polar surface area (TPSA) is 58.6 Å². The first kappa shape index (κ1) is 24.7. The predicted octanol–water partition coefficient (Wildman–Crippen LogP) is 5.03. The molecule has 3 fully saturated rings. The number of likely N-dealkylation sites (tertiary alicyclic amines) is 1. The van der Waals surface area contributed by atoms with Crippen molar-refractivity contribution >= 4 is 11.8 Å². The molecule has 1 aliphatic carbocycles. The molecule has 36 heavy (non-hydrogen) atoms. The van der Waals surface area contributed by atoms with Crippen LogP contribution in [-0.2, 0) is 9.59 Å². The number of rotatable bonds is 6. The van der Waals surface area contributed by atoms with Gasteiger partial charge in [0, 0.05) is 32.0 Å². The molecule has 192 valence electrons. The maximum atomic E-state index is 14.0. The molecule has 0 aromatic heterocycles. The van der Waals surface area contributed by atoms with Gasteiger partial charge in [-0.3, -0.25) is 9.59 Å². The van der Waals surface area contributed by atoms with Gasteiger partial charge in [-0.2, -0.15) is 13.2 Å². The van der Waals surface area contributed by atoms with Gasteiger partial charge >= 0.3 is 6.18 Å². The number of nitrogens with one attached hydrogen (secondary N) is 1. The highest BCUT2D eigenvalue weighted by Gasteiger charge is 2.51. The van der Waals surface area contributed by atoms with Crippen LogP contribution in [-0.4, -0.2) is 49.1 Å². The minimum atomic E-state index is -4.68. The van der Waals surface area contributed by atoms with Crippen LogP contribution in [0.25, 0.3) is 0 Å². The van der Waals surface area contributed by atoms with Crippen molar-refractivity contribution in [2.24, 2.45) is 11.3 Å². The number of nitrogens with zero attached hydrogens (tertiary/aromatic N) is 1. The van der Waals surface area contributed by atoms with Crippen LogP contribution in [0.1, 0.15) is 55.1 Å². The molecule has 2 unspecified atom stereocenters. The summed E-state index contributed by atoms with van der Waals surface area (Å²) in [5, 5.41) is 2.98. The van der Waals surface area contributed by atoms with Crippen LogP contribution in [0.15, 0.2) is 54.6 Å². The van der Waals surface area contributed by atoms with E-state index in [-0.39, 0.29) is 36.9 Å². The van der Waals surface area contributed by atoms with Gasteiger partial charge in [0.25, 0.3) is 0 Å². The predicted molar refractivity (Wildman–Crippen MR) is 129 cm³/mol. The molecule has 1 spiro atoms. The highest BCUT2D eigenvalue weighted by atomic mass is 19.4. The second-order valence-electron chi connectivity index (χ2n) is 10.4. The number of carbonyl (C=O) groups is 2. The summed E-state index contributed by atoms with van der Waals surface area (Å²) in [5.41, 5.74) is 0.542. The van der Waals surface area contributed by atoms with Crippen molar-refractivity contribution in [3.8, 4) is 5.75 Å². The summed E-state index contributed by atoms with van der Waals surface area (Å²) in [5.74, 6) is -1.79. The van der Waals surface area contributed by atoms with Crippen LogP contribution in [0.4, 0.5) is 13.2 Å². The van der Waals surface area contributed by atoms with E-state index in [0.717, 1.165) is 11.3 Å². The van der Waals surface area contributed by atoms with E-state index in [0.29, 0.717) is 31.9 Å². The largest absolute Gasteiger partial charge is 0.493 e. The molecule has 2 aromatic rings. The van der Waals surface area contributed by atoms with Crippen LogP contribution >= 0.6 is 0 Å². The van der Waals surface area contributed by atoms with Crippen molar-refractivity contribution in [1.82, 2.24) is 10.2 Å². The van der Waals surface area contributed by atoms with E-state index in [2.05, 4.69) is 5.32 Å². The molecule has 2 aromatic carbocycles. The van der Waals surface area contributed by atoms with E-state index in [1.54, 1.807) is 6.07 Å². The van der Waals surface area contributed by atoms with Crippen molar-refractivity contribution in [2.75, 3.05) is 26.2 Å². The summed E-state index contributed by atoms with van der Waals surface area (Å²) in [6, 6.07) is 15.2. The lowest BCUT2D eigenvalue weighted by atomic mass is 9.62. The fourth-order valence-electron chi connectivity index (χ4n) is 5.77. The smallest absolute Gasteiger partial charge is 0.404 e. The molecule has 2 atom stereocenters. The van der Waals surface area contributed by atoms with Crippen molar-refractivity contribution in [2.45, 2.75) is 50.1 Å². The Morgan fingerprint density at radius 1 is 1.06 bits per heavy atom. The molecule has 1 saturated carbocycles. The maximum absolute atomic E-state index is 14.0. The Kier molecular flexibility index (Phi) is 6.70. The number of hydrogen-bond acceptors (Lipinski definition) is 3. The van der Waals surface area contributed by atoms with Crippen LogP contribution in [0, 0.1) is 11.3 Å². The maximum Gasteiger partial charge on any atom is 0.404 e. The third-order valence-corrected chi connectivity index (χ3v) is 8.00. The Balaban J connectivity index is 1.36. The Bertz CT molecular complexity index is 1090. The molecular formula is C28H31F3N2O3. The summed E-state index contributed by atoms with van der Waals surface area (Å²) in [4.78, 5) is 27.0. The number of ether oxygens (including phenoxy) is 1. The molecule has 2 saturated heterocycles. The lowest BCUT2D eigenvalue weighted by Crippen LogP contribution is -2.54. The van der Waals surface area contributed by atoms with E-state index in [1.165, 1.54) is 42.0 Å². The average Bonchev–Trinajstić information content (AvgIpc) is 3.68. The number of piperidine rings is 2. The van der Waals surface area contributed by atoms with Gasteiger partial charge < -0.3 is 15.0 Å². The van der Waals surface area contributed by atoms with E-state index >= 15 is 0 Å². The molecule has 3 aliphatic rings. The van der Waals surface area contributed by atoms with E-state index in [1.807, 2.05) is 24.3 Å². The molecule has 1 N–H and O–H groups in total. The normalized spacial score (nSPS) is 22.7. The molecule has 5 rings (SSSR count). The minimum Gasteiger partial charge on any atom is -0.493 e. The van der Waals surface area contributed by atoms with Gasteiger partial charge in [0.2, 0.25) is 11.8 Å². The van der Waals surface area contributed by atoms with E-state index < -0.39 is 23.4 Å². The van der Waals surface area contributed by atoms with Gasteiger partial charge in [0.1, 0.15) is 5.75 Å². The minimum absolute atomic E-state index is 0.0320. The standard InChI is InChI=1S/C28H31F3N2O3/c29-28(30,31)25(20-6-2-1-3-7-20)26(35)33-14-12-27(13-15-33)16-24(34)32-17-22(27)21-8-4-5-9-23(21)36-18-19-10-11-19/h1-9,19,22,25H,10-18H2,(H,32,34). The SMILES string of the molecule is O=C1CC2(CCN(C(=O)C(c3ccccc3)C(F)(F)F)CC2)C(c2ccccc2OCC2CC2)CN1. The first-order valence-corrected chi connectivity index (χ1v) is 12.7. The quantitative estimate of drug-likeness (QED) is 0.605. The number of benzene rings is 2. The molecule has 5 nitrogen and oxygen atoms in total. The first-order chi connectivity index (χ1) is 17.3. The number of hydrogen-bond donors (Lipinski definition) is 1. The Morgan fingerprint density at radius 3 is 2.39 bits per heavy atom. The van der Waals surface area contributed by atoms with Crippen LogP contribution in [0.3, 0.4) is 0 Å². The molecule has 2 heterocycles. The van der Waals surface area contributed by atoms with Gasteiger partial charge in [-0.25, -0.2) is 0 Å².